The molecule has 0 spiro atoms. The average molecular weight is 357 g/mol. The van der Waals surface area contributed by atoms with Crippen LogP contribution in [0.2, 0.25) is 0 Å². The highest BCUT2D eigenvalue weighted by atomic mass is 16.2. The zero-order valence-electron chi connectivity index (χ0n) is 15.4. The topological polar surface area (TPSA) is 45.2 Å². The normalized spacial score (nSPS) is 14.3. The minimum atomic E-state index is 0.0414. The predicted octanol–water partition coefficient (Wildman–Crippen LogP) is 4.45. The van der Waals surface area contributed by atoms with Crippen LogP contribution in [0.4, 0.5) is 5.82 Å². The Bertz CT molecular complexity index is 922. The van der Waals surface area contributed by atoms with Crippen molar-refractivity contribution in [1.29, 1.82) is 0 Å². The highest BCUT2D eigenvalue weighted by molar-refractivity contribution is 5.94. The Morgan fingerprint density at radius 3 is 2.48 bits per heavy atom. The van der Waals surface area contributed by atoms with E-state index < -0.39 is 0 Å². The van der Waals surface area contributed by atoms with Gasteiger partial charge in [-0.15, -0.1) is 0 Å². The molecule has 1 N–H and O–H groups in total. The van der Waals surface area contributed by atoms with Gasteiger partial charge in [0, 0.05) is 25.3 Å². The van der Waals surface area contributed by atoms with E-state index in [1.807, 2.05) is 41.3 Å². The van der Waals surface area contributed by atoms with Gasteiger partial charge in [0.25, 0.3) is 5.91 Å². The number of hydrogen-bond acceptors (Lipinski definition) is 3. The van der Waals surface area contributed by atoms with Gasteiger partial charge in [0.1, 0.15) is 5.82 Å². The van der Waals surface area contributed by atoms with Crippen molar-refractivity contribution in [2.45, 2.75) is 25.9 Å². The van der Waals surface area contributed by atoms with Crippen LogP contribution in [0.25, 0.3) is 0 Å². The van der Waals surface area contributed by atoms with Crippen LogP contribution in [0.3, 0.4) is 0 Å². The van der Waals surface area contributed by atoms with Crippen molar-refractivity contribution in [3.05, 3.63) is 95.2 Å². The number of anilines is 1. The van der Waals surface area contributed by atoms with Gasteiger partial charge in [0.15, 0.2) is 0 Å². The van der Waals surface area contributed by atoms with E-state index >= 15 is 0 Å². The molecule has 1 aliphatic rings. The second-order valence-electron chi connectivity index (χ2n) is 6.95. The molecule has 0 saturated heterocycles. The molecule has 27 heavy (non-hydrogen) atoms. The molecule has 1 unspecified atom stereocenters. The van der Waals surface area contributed by atoms with E-state index in [4.69, 9.17) is 0 Å². The third-order valence-electron chi connectivity index (χ3n) is 5.09. The number of pyridine rings is 1. The van der Waals surface area contributed by atoms with Gasteiger partial charge >= 0.3 is 0 Å². The Balaban J connectivity index is 1.42. The molecule has 2 aromatic carbocycles. The zero-order valence-corrected chi connectivity index (χ0v) is 15.4. The first kappa shape index (κ1) is 17.3. The summed E-state index contributed by atoms with van der Waals surface area (Å²) in [4.78, 5) is 19.2. The average Bonchev–Trinajstić information content (AvgIpc) is 2.74. The van der Waals surface area contributed by atoms with Gasteiger partial charge in [0.2, 0.25) is 0 Å². The van der Waals surface area contributed by atoms with Gasteiger partial charge in [-0.25, -0.2) is 4.98 Å². The molecule has 4 heteroatoms. The zero-order chi connectivity index (χ0) is 18.6. The number of nitrogens with one attached hydrogen (secondary N) is 1. The summed E-state index contributed by atoms with van der Waals surface area (Å²) in [6.07, 6.45) is 2.58. The fourth-order valence-electron chi connectivity index (χ4n) is 3.50. The van der Waals surface area contributed by atoms with Crippen molar-refractivity contribution in [3.63, 3.8) is 0 Å². The lowest BCUT2D eigenvalue weighted by atomic mass is 9.99. The van der Waals surface area contributed by atoms with Crippen LogP contribution < -0.4 is 5.32 Å². The van der Waals surface area contributed by atoms with E-state index in [0.29, 0.717) is 12.1 Å². The van der Waals surface area contributed by atoms with Crippen LogP contribution in [-0.4, -0.2) is 22.3 Å². The molecule has 1 atom stereocenters. The predicted molar refractivity (Wildman–Crippen MR) is 108 cm³/mol. The molecule has 136 valence electrons. The molecule has 4 rings (SSSR count). The van der Waals surface area contributed by atoms with E-state index in [2.05, 4.69) is 47.6 Å². The van der Waals surface area contributed by atoms with E-state index in [9.17, 15) is 4.79 Å². The third kappa shape index (κ3) is 3.85. The monoisotopic (exact) mass is 357 g/mol. The number of nitrogens with zero attached hydrogens (tertiary/aromatic N) is 2. The maximum atomic E-state index is 12.8. The van der Waals surface area contributed by atoms with E-state index in [1.165, 1.54) is 16.7 Å². The smallest absolute Gasteiger partial charge is 0.255 e. The maximum absolute atomic E-state index is 12.8. The number of carbonyl (C=O) groups excluding carboxylic acids is 1. The summed E-state index contributed by atoms with van der Waals surface area (Å²) in [7, 11) is 0. The minimum absolute atomic E-state index is 0.0414. The molecule has 1 aliphatic heterocycles. The summed E-state index contributed by atoms with van der Waals surface area (Å²) >= 11 is 0. The third-order valence-corrected chi connectivity index (χ3v) is 5.09. The molecule has 1 aromatic heterocycles. The summed E-state index contributed by atoms with van der Waals surface area (Å²) < 4.78 is 0. The fourth-order valence-corrected chi connectivity index (χ4v) is 3.50. The molecule has 1 amide bonds. The number of aromatic nitrogens is 1. The second kappa shape index (κ2) is 7.62. The van der Waals surface area contributed by atoms with Gasteiger partial charge < -0.3 is 10.2 Å². The van der Waals surface area contributed by atoms with Gasteiger partial charge in [-0.05, 0) is 42.2 Å². The molecule has 2 heterocycles. The summed E-state index contributed by atoms with van der Waals surface area (Å²) in [5.41, 5.74) is 4.41. The molecule has 0 aliphatic carbocycles. The van der Waals surface area contributed by atoms with Crippen molar-refractivity contribution >= 4 is 11.7 Å². The van der Waals surface area contributed by atoms with Crippen molar-refractivity contribution in [2.75, 3.05) is 11.9 Å². The maximum Gasteiger partial charge on any atom is 0.255 e. The van der Waals surface area contributed by atoms with E-state index in [0.717, 1.165) is 18.8 Å². The van der Waals surface area contributed by atoms with Gasteiger partial charge in [-0.1, -0.05) is 54.6 Å². The molecule has 0 fully saturated rings. The number of fused-ring (bicyclic) bond motifs is 1. The number of amides is 1. The number of rotatable bonds is 4. The number of carbonyl (C=O) groups is 1. The van der Waals surface area contributed by atoms with Crippen LogP contribution >= 0.6 is 0 Å². The Hall–Kier alpha value is -3.14. The van der Waals surface area contributed by atoms with Crippen LogP contribution in [0.15, 0.2) is 72.9 Å². The van der Waals surface area contributed by atoms with Crippen molar-refractivity contribution in [1.82, 2.24) is 9.88 Å². The van der Waals surface area contributed by atoms with Gasteiger partial charge in [0.05, 0.1) is 5.56 Å². The summed E-state index contributed by atoms with van der Waals surface area (Å²) in [6, 6.07) is 22.5. The van der Waals surface area contributed by atoms with Crippen molar-refractivity contribution < 1.29 is 4.79 Å². The standard InChI is InChI=1S/C23H23N3O/c1-17(18-7-3-2-4-8-18)25-22-12-11-20(15-24-22)23(27)26-14-13-19-9-5-6-10-21(19)16-26/h2-12,15,17H,13-14,16H2,1H3,(H,24,25). The molecular weight excluding hydrogens is 334 g/mol. The number of benzene rings is 2. The van der Waals surface area contributed by atoms with Crippen LogP contribution in [0.5, 0.6) is 0 Å². The first-order valence-corrected chi connectivity index (χ1v) is 9.34. The first-order chi connectivity index (χ1) is 13.2. The minimum Gasteiger partial charge on any atom is -0.364 e. The van der Waals surface area contributed by atoms with Gasteiger partial charge in [-0.2, -0.15) is 0 Å². The highest BCUT2D eigenvalue weighted by Crippen LogP contribution is 2.21. The van der Waals surface area contributed by atoms with Gasteiger partial charge in [-0.3, -0.25) is 4.79 Å². The highest BCUT2D eigenvalue weighted by Gasteiger charge is 2.21. The Labute approximate surface area is 159 Å². The fraction of sp³-hybridized carbons (Fsp3) is 0.217. The molecule has 0 saturated carbocycles. The molecular formula is C23H23N3O. The largest absolute Gasteiger partial charge is 0.364 e. The van der Waals surface area contributed by atoms with Crippen LogP contribution in [0, 0.1) is 0 Å². The number of hydrogen-bond donors (Lipinski definition) is 1. The lowest BCUT2D eigenvalue weighted by Crippen LogP contribution is -2.36. The molecule has 4 nitrogen and oxygen atoms in total. The summed E-state index contributed by atoms with van der Waals surface area (Å²) in [5.74, 6) is 0.812. The second-order valence-corrected chi connectivity index (χ2v) is 6.95. The van der Waals surface area contributed by atoms with Crippen LogP contribution in [-0.2, 0) is 13.0 Å². The summed E-state index contributed by atoms with van der Waals surface area (Å²) in [6.45, 7) is 3.52. The molecule has 0 radical (unpaired) electrons. The molecule has 3 aromatic rings. The molecule has 0 bridgehead atoms. The SMILES string of the molecule is CC(Nc1ccc(C(=O)N2CCc3ccccc3C2)cn1)c1ccccc1. The lowest BCUT2D eigenvalue weighted by molar-refractivity contribution is 0.0734. The Morgan fingerprint density at radius 1 is 1.00 bits per heavy atom. The quantitative estimate of drug-likeness (QED) is 0.750. The lowest BCUT2D eigenvalue weighted by Gasteiger charge is -2.28. The Morgan fingerprint density at radius 2 is 1.74 bits per heavy atom. The van der Waals surface area contributed by atoms with Crippen molar-refractivity contribution in [2.24, 2.45) is 0 Å². The Kier molecular flexibility index (Phi) is 4.88. The van der Waals surface area contributed by atoms with Crippen molar-refractivity contribution in [3.8, 4) is 0 Å². The van der Waals surface area contributed by atoms with Crippen LogP contribution in [0.1, 0.15) is 40.0 Å². The van der Waals surface area contributed by atoms with E-state index in [1.54, 1.807) is 6.20 Å². The first-order valence-electron chi connectivity index (χ1n) is 9.34. The summed E-state index contributed by atoms with van der Waals surface area (Å²) in [5, 5.41) is 3.38. The van der Waals surface area contributed by atoms with E-state index in [-0.39, 0.29) is 11.9 Å².